The maximum Gasteiger partial charge on any atom is 0.281 e. The molecule has 0 aliphatic rings. The number of rotatable bonds is 6. The summed E-state index contributed by atoms with van der Waals surface area (Å²) in [6.45, 7) is 3.39. The van der Waals surface area contributed by atoms with Gasteiger partial charge in [-0.3, -0.25) is 0 Å². The average molecular weight is 313 g/mol. The topological polar surface area (TPSA) is 23.5 Å². The van der Waals surface area contributed by atoms with E-state index in [2.05, 4.69) is 0 Å². The summed E-state index contributed by atoms with van der Waals surface area (Å²) in [6, 6.07) is 7.41. The fourth-order valence-electron chi connectivity index (χ4n) is 1.89. The Kier molecular flexibility index (Phi) is 6.50. The molecule has 1 rings (SSSR count). The van der Waals surface area contributed by atoms with Gasteiger partial charge in [-0.25, -0.2) is 0 Å². The summed E-state index contributed by atoms with van der Waals surface area (Å²) in [5.74, 6) is 0. The molecule has 0 aromatic heterocycles. The summed E-state index contributed by atoms with van der Waals surface area (Å²) in [5.41, 5.74) is -0.334. The van der Waals surface area contributed by atoms with E-state index in [0.29, 0.717) is 0 Å². The SMILES string of the molecule is CC/C=C(/c1ccc(CO)cc1)N(C)/C=C(\C)C(F)(F)P. The molecular formula is C16H22F2NOP. The molecular weight excluding hydrogens is 291 g/mol. The molecule has 0 aliphatic carbocycles. The predicted molar refractivity (Wildman–Crippen MR) is 86.8 cm³/mol. The zero-order valence-corrected chi connectivity index (χ0v) is 13.8. The van der Waals surface area contributed by atoms with Crippen molar-refractivity contribution in [1.29, 1.82) is 0 Å². The predicted octanol–water partition coefficient (Wildman–Crippen LogP) is 4.23. The van der Waals surface area contributed by atoms with Crippen molar-refractivity contribution in [3.8, 4) is 0 Å². The Morgan fingerprint density at radius 2 is 1.90 bits per heavy atom. The van der Waals surface area contributed by atoms with Crippen LogP contribution in [0.1, 0.15) is 31.4 Å². The molecule has 0 saturated heterocycles. The molecule has 0 heterocycles. The number of aliphatic hydroxyl groups excluding tert-OH is 1. The van der Waals surface area contributed by atoms with E-state index in [1.807, 2.05) is 37.3 Å². The Morgan fingerprint density at radius 1 is 1.33 bits per heavy atom. The maximum absolute atomic E-state index is 13.2. The first-order chi connectivity index (χ1) is 9.79. The monoisotopic (exact) mass is 313 g/mol. The highest BCUT2D eigenvalue weighted by atomic mass is 31.0. The number of nitrogens with zero attached hydrogens (tertiary/aromatic N) is 1. The van der Waals surface area contributed by atoms with Crippen molar-refractivity contribution in [3.05, 3.63) is 53.2 Å². The Morgan fingerprint density at radius 3 is 2.33 bits per heavy atom. The van der Waals surface area contributed by atoms with Crippen molar-refractivity contribution in [3.63, 3.8) is 0 Å². The van der Waals surface area contributed by atoms with Crippen LogP contribution in [0.15, 0.2) is 42.1 Å². The molecule has 1 aromatic carbocycles. The number of aliphatic hydroxyl groups is 1. The second kappa shape index (κ2) is 7.67. The van der Waals surface area contributed by atoms with Gasteiger partial charge < -0.3 is 10.0 Å². The fourth-order valence-corrected chi connectivity index (χ4v) is 1.96. The van der Waals surface area contributed by atoms with Gasteiger partial charge in [0.25, 0.3) is 5.66 Å². The smallest absolute Gasteiger partial charge is 0.281 e. The van der Waals surface area contributed by atoms with Gasteiger partial charge >= 0.3 is 0 Å². The second-order valence-corrected chi connectivity index (χ2v) is 5.62. The van der Waals surface area contributed by atoms with Crippen LogP contribution in [-0.2, 0) is 6.61 Å². The first-order valence-electron chi connectivity index (χ1n) is 6.78. The molecule has 0 fully saturated rings. The third-order valence-electron chi connectivity index (χ3n) is 3.12. The number of halogens is 2. The molecule has 0 amide bonds. The van der Waals surface area contributed by atoms with Gasteiger partial charge in [0.15, 0.2) is 0 Å². The standard InChI is InChI=1S/C16H22F2NOP/c1-4-5-15(14-8-6-13(11-20)7-9-14)19(3)10-12(2)16(17,18)21/h5-10,20H,4,11,21H2,1-3H3/b12-10+,15-5-. The zero-order chi connectivity index (χ0) is 16.0. The van der Waals surface area contributed by atoms with Gasteiger partial charge in [0.2, 0.25) is 0 Å². The molecule has 1 N–H and O–H groups in total. The molecule has 0 aliphatic heterocycles. The molecule has 0 saturated carbocycles. The van der Waals surface area contributed by atoms with Crippen LogP contribution in [0.4, 0.5) is 8.78 Å². The summed E-state index contributed by atoms with van der Waals surface area (Å²) in [4.78, 5) is 1.70. The quantitative estimate of drug-likeness (QED) is 0.794. The molecule has 0 radical (unpaired) electrons. The Hall–Kier alpha value is -1.25. The molecule has 5 heteroatoms. The Bertz CT molecular complexity index is 518. The van der Waals surface area contributed by atoms with Gasteiger partial charge in [0, 0.05) is 24.5 Å². The van der Waals surface area contributed by atoms with Gasteiger partial charge in [0.1, 0.15) is 0 Å². The fraction of sp³-hybridized carbons (Fsp3) is 0.375. The van der Waals surface area contributed by atoms with E-state index in [-0.39, 0.29) is 12.2 Å². The number of allylic oxidation sites excluding steroid dienone is 2. The lowest BCUT2D eigenvalue weighted by molar-refractivity contribution is 0.145. The lowest BCUT2D eigenvalue weighted by Crippen LogP contribution is -2.15. The van der Waals surface area contributed by atoms with E-state index in [0.717, 1.165) is 23.2 Å². The van der Waals surface area contributed by atoms with Gasteiger partial charge in [-0.2, -0.15) is 8.78 Å². The normalized spacial score (nSPS) is 13.5. The lowest BCUT2D eigenvalue weighted by Gasteiger charge is -2.22. The molecule has 116 valence electrons. The summed E-state index contributed by atoms with van der Waals surface area (Å²) < 4.78 is 26.5. The number of benzene rings is 1. The van der Waals surface area contributed by atoms with Crippen molar-refractivity contribution < 1.29 is 13.9 Å². The molecule has 2 nitrogen and oxygen atoms in total. The van der Waals surface area contributed by atoms with E-state index < -0.39 is 5.66 Å². The summed E-state index contributed by atoms with van der Waals surface area (Å²) in [6.07, 6.45) is 4.22. The van der Waals surface area contributed by atoms with E-state index in [9.17, 15) is 8.78 Å². The lowest BCUT2D eigenvalue weighted by atomic mass is 10.1. The van der Waals surface area contributed by atoms with Crippen molar-refractivity contribution in [1.82, 2.24) is 4.90 Å². The van der Waals surface area contributed by atoms with Crippen molar-refractivity contribution in [2.45, 2.75) is 32.5 Å². The molecule has 1 aromatic rings. The Balaban J connectivity index is 3.09. The zero-order valence-electron chi connectivity index (χ0n) is 12.6. The van der Waals surface area contributed by atoms with E-state index in [4.69, 9.17) is 5.11 Å². The minimum atomic E-state index is -2.91. The maximum atomic E-state index is 13.2. The largest absolute Gasteiger partial charge is 0.392 e. The van der Waals surface area contributed by atoms with Gasteiger partial charge in [-0.1, -0.05) is 46.5 Å². The van der Waals surface area contributed by atoms with Crippen LogP contribution in [0.3, 0.4) is 0 Å². The summed E-state index contributed by atoms with van der Waals surface area (Å²) in [7, 11) is 3.30. The first kappa shape index (κ1) is 17.8. The second-order valence-electron chi connectivity index (χ2n) is 4.90. The number of hydrogen-bond acceptors (Lipinski definition) is 2. The Labute approximate surface area is 127 Å². The van der Waals surface area contributed by atoms with E-state index in [1.54, 1.807) is 21.2 Å². The van der Waals surface area contributed by atoms with Crippen LogP contribution >= 0.6 is 9.24 Å². The highest BCUT2D eigenvalue weighted by Gasteiger charge is 2.24. The van der Waals surface area contributed by atoms with Gasteiger partial charge in [0.05, 0.1) is 6.61 Å². The van der Waals surface area contributed by atoms with Crippen LogP contribution in [-0.4, -0.2) is 22.7 Å². The molecule has 0 spiro atoms. The van der Waals surface area contributed by atoms with Crippen LogP contribution in [0.2, 0.25) is 0 Å². The number of hydrogen-bond donors (Lipinski definition) is 1. The minimum absolute atomic E-state index is 0.0127. The minimum Gasteiger partial charge on any atom is -0.392 e. The highest BCUT2D eigenvalue weighted by Crippen LogP contribution is 2.32. The van der Waals surface area contributed by atoms with Crippen molar-refractivity contribution in [2.24, 2.45) is 0 Å². The molecule has 1 atom stereocenters. The molecule has 1 unspecified atom stereocenters. The van der Waals surface area contributed by atoms with E-state index >= 15 is 0 Å². The van der Waals surface area contributed by atoms with E-state index in [1.165, 1.54) is 13.1 Å². The average Bonchev–Trinajstić information content (AvgIpc) is 2.43. The highest BCUT2D eigenvalue weighted by molar-refractivity contribution is 7.18. The van der Waals surface area contributed by atoms with Crippen LogP contribution in [0, 0.1) is 0 Å². The van der Waals surface area contributed by atoms with Crippen molar-refractivity contribution in [2.75, 3.05) is 7.05 Å². The number of alkyl halides is 2. The van der Waals surface area contributed by atoms with Gasteiger partial charge in [-0.15, -0.1) is 0 Å². The van der Waals surface area contributed by atoms with Crippen LogP contribution < -0.4 is 0 Å². The third-order valence-corrected chi connectivity index (χ3v) is 3.58. The molecule has 21 heavy (non-hydrogen) atoms. The van der Waals surface area contributed by atoms with Crippen LogP contribution in [0.5, 0.6) is 0 Å². The summed E-state index contributed by atoms with van der Waals surface area (Å²) in [5, 5.41) is 9.07. The molecule has 0 bridgehead atoms. The van der Waals surface area contributed by atoms with Crippen molar-refractivity contribution >= 4 is 14.9 Å². The summed E-state index contributed by atoms with van der Waals surface area (Å²) >= 11 is 0. The first-order valence-corrected chi connectivity index (χ1v) is 7.36. The van der Waals surface area contributed by atoms with Gasteiger partial charge in [-0.05, 0) is 24.5 Å². The third kappa shape index (κ3) is 5.22. The van der Waals surface area contributed by atoms with Crippen LogP contribution in [0.25, 0.3) is 5.70 Å².